The first kappa shape index (κ1) is 19.9. The van der Waals surface area contributed by atoms with E-state index in [4.69, 9.17) is 4.74 Å². The number of hydrogen-bond donors (Lipinski definition) is 2. The molecule has 6 heteroatoms. The summed E-state index contributed by atoms with van der Waals surface area (Å²) in [6.07, 6.45) is 6.75. The molecule has 0 unspecified atom stereocenters. The van der Waals surface area contributed by atoms with Gasteiger partial charge in [0.1, 0.15) is 0 Å². The van der Waals surface area contributed by atoms with Gasteiger partial charge >= 0.3 is 0 Å². The first-order valence-corrected chi connectivity index (χ1v) is 7.23. The Bertz CT molecular complexity index is 412. The van der Waals surface area contributed by atoms with Crippen LogP contribution in [0.25, 0.3) is 0 Å². The Labute approximate surface area is 145 Å². The lowest BCUT2D eigenvalue weighted by Crippen LogP contribution is -2.37. The van der Waals surface area contributed by atoms with E-state index < -0.39 is 0 Å². The molecule has 120 valence electrons. The lowest BCUT2D eigenvalue weighted by Gasteiger charge is -2.12. The average Bonchev–Trinajstić information content (AvgIpc) is 2.50. The van der Waals surface area contributed by atoms with Crippen LogP contribution in [0.2, 0.25) is 0 Å². The summed E-state index contributed by atoms with van der Waals surface area (Å²) in [6, 6.07) is 3.88. The Hall–Kier alpha value is -1.05. The highest BCUT2D eigenvalue weighted by molar-refractivity contribution is 14.0. The van der Waals surface area contributed by atoms with Crippen LogP contribution in [0, 0.1) is 0 Å². The van der Waals surface area contributed by atoms with Crippen molar-refractivity contribution in [1.29, 1.82) is 0 Å². The standard InChI is InChI=1S/C15H26N4O.HI/c1-4-5-6-7-9-18-15(16-2)19-12-13-8-10-17-14(11-13)20-3;/h8,10-11H,4-7,9,12H2,1-3H3,(H2,16,18,19);1H. The number of aromatic nitrogens is 1. The van der Waals surface area contributed by atoms with E-state index >= 15 is 0 Å². The van der Waals surface area contributed by atoms with Crippen molar-refractivity contribution < 1.29 is 4.74 Å². The average molecular weight is 406 g/mol. The largest absolute Gasteiger partial charge is 0.481 e. The maximum Gasteiger partial charge on any atom is 0.213 e. The third kappa shape index (κ3) is 8.75. The summed E-state index contributed by atoms with van der Waals surface area (Å²) < 4.78 is 5.11. The predicted octanol–water partition coefficient (Wildman–Crippen LogP) is 2.95. The van der Waals surface area contributed by atoms with Crippen molar-refractivity contribution in [3.8, 4) is 5.88 Å². The Morgan fingerprint density at radius 3 is 2.76 bits per heavy atom. The summed E-state index contributed by atoms with van der Waals surface area (Å²) in [6.45, 7) is 3.88. The number of halogens is 1. The third-order valence-electron chi connectivity index (χ3n) is 3.01. The Morgan fingerprint density at radius 1 is 1.29 bits per heavy atom. The number of unbranched alkanes of at least 4 members (excludes halogenated alkanes) is 3. The van der Waals surface area contributed by atoms with E-state index in [0.717, 1.165) is 18.1 Å². The van der Waals surface area contributed by atoms with Crippen LogP contribution in [0.15, 0.2) is 23.3 Å². The zero-order chi connectivity index (χ0) is 14.6. The highest BCUT2D eigenvalue weighted by atomic mass is 127. The molecule has 5 nitrogen and oxygen atoms in total. The van der Waals surface area contributed by atoms with Crippen LogP contribution < -0.4 is 15.4 Å². The SMILES string of the molecule is CCCCCCNC(=NC)NCc1ccnc(OC)c1.I. The number of aliphatic imine (C=N–C) groups is 1. The number of pyridine rings is 1. The van der Waals surface area contributed by atoms with Crippen molar-refractivity contribution in [2.75, 3.05) is 20.7 Å². The Kier molecular flexibility index (Phi) is 12.0. The normalized spacial score (nSPS) is 10.7. The topological polar surface area (TPSA) is 58.5 Å². The quantitative estimate of drug-likeness (QED) is 0.302. The molecule has 0 aliphatic carbocycles. The fourth-order valence-corrected chi connectivity index (χ4v) is 1.84. The minimum Gasteiger partial charge on any atom is -0.481 e. The number of hydrogen-bond acceptors (Lipinski definition) is 3. The summed E-state index contributed by atoms with van der Waals surface area (Å²) in [5.74, 6) is 1.46. The highest BCUT2D eigenvalue weighted by Crippen LogP contribution is 2.07. The minimum atomic E-state index is 0. The van der Waals surface area contributed by atoms with Crippen LogP contribution >= 0.6 is 24.0 Å². The van der Waals surface area contributed by atoms with E-state index in [2.05, 4.69) is 27.5 Å². The molecule has 1 heterocycles. The van der Waals surface area contributed by atoms with Gasteiger partial charge in [-0.2, -0.15) is 0 Å². The zero-order valence-corrected chi connectivity index (χ0v) is 15.5. The van der Waals surface area contributed by atoms with Crippen molar-refractivity contribution >= 4 is 29.9 Å². The molecule has 0 bridgehead atoms. The molecule has 1 aromatic rings. The van der Waals surface area contributed by atoms with Gasteiger partial charge in [0.25, 0.3) is 0 Å². The Balaban J connectivity index is 0.00000400. The summed E-state index contributed by atoms with van der Waals surface area (Å²) in [5, 5.41) is 6.60. The van der Waals surface area contributed by atoms with Crippen LogP contribution in [-0.4, -0.2) is 31.6 Å². The van der Waals surface area contributed by atoms with Gasteiger partial charge in [0, 0.05) is 32.4 Å². The number of guanidine groups is 1. The van der Waals surface area contributed by atoms with Gasteiger partial charge in [0.2, 0.25) is 5.88 Å². The molecular weight excluding hydrogens is 379 g/mol. The fraction of sp³-hybridized carbons (Fsp3) is 0.600. The van der Waals surface area contributed by atoms with Crippen molar-refractivity contribution in [3.05, 3.63) is 23.9 Å². The van der Waals surface area contributed by atoms with Crippen LogP contribution in [-0.2, 0) is 6.54 Å². The van der Waals surface area contributed by atoms with Gasteiger partial charge in [-0.15, -0.1) is 24.0 Å². The number of rotatable bonds is 8. The van der Waals surface area contributed by atoms with E-state index in [9.17, 15) is 0 Å². The summed E-state index contributed by atoms with van der Waals surface area (Å²) in [7, 11) is 3.41. The molecule has 0 aliphatic rings. The molecule has 2 N–H and O–H groups in total. The van der Waals surface area contributed by atoms with Gasteiger partial charge in [-0.05, 0) is 18.1 Å². The van der Waals surface area contributed by atoms with Crippen LogP contribution in [0.5, 0.6) is 5.88 Å². The molecule has 21 heavy (non-hydrogen) atoms. The Morgan fingerprint density at radius 2 is 2.10 bits per heavy atom. The van der Waals surface area contributed by atoms with Crippen LogP contribution in [0.1, 0.15) is 38.2 Å². The first-order chi connectivity index (χ1) is 9.80. The molecule has 0 atom stereocenters. The van der Waals surface area contributed by atoms with Crippen molar-refractivity contribution in [3.63, 3.8) is 0 Å². The van der Waals surface area contributed by atoms with E-state index in [1.807, 2.05) is 12.1 Å². The third-order valence-corrected chi connectivity index (χ3v) is 3.01. The molecule has 1 aromatic heterocycles. The summed E-state index contributed by atoms with van der Waals surface area (Å²) in [5.41, 5.74) is 1.12. The lowest BCUT2D eigenvalue weighted by molar-refractivity contribution is 0.397. The van der Waals surface area contributed by atoms with Crippen molar-refractivity contribution in [2.45, 2.75) is 39.2 Å². The van der Waals surface area contributed by atoms with Crippen molar-refractivity contribution in [1.82, 2.24) is 15.6 Å². The van der Waals surface area contributed by atoms with Gasteiger partial charge in [-0.1, -0.05) is 26.2 Å². The molecular formula is C15H27IN4O. The summed E-state index contributed by atoms with van der Waals surface area (Å²) >= 11 is 0. The predicted molar refractivity (Wildman–Crippen MR) is 98.5 cm³/mol. The second-order valence-electron chi connectivity index (χ2n) is 4.62. The first-order valence-electron chi connectivity index (χ1n) is 7.23. The molecule has 0 fully saturated rings. The molecule has 0 aliphatic heterocycles. The van der Waals surface area contributed by atoms with Crippen molar-refractivity contribution in [2.24, 2.45) is 4.99 Å². The van der Waals surface area contributed by atoms with Crippen LogP contribution in [0.3, 0.4) is 0 Å². The summed E-state index contributed by atoms with van der Waals surface area (Å²) in [4.78, 5) is 8.30. The van der Waals surface area contributed by atoms with E-state index in [1.165, 1.54) is 25.7 Å². The van der Waals surface area contributed by atoms with E-state index in [1.54, 1.807) is 20.4 Å². The lowest BCUT2D eigenvalue weighted by atomic mass is 10.2. The molecule has 0 amide bonds. The minimum absolute atomic E-state index is 0. The second-order valence-corrected chi connectivity index (χ2v) is 4.62. The molecule has 0 aromatic carbocycles. The van der Waals surface area contributed by atoms with Crippen LogP contribution in [0.4, 0.5) is 0 Å². The molecule has 0 saturated carbocycles. The molecule has 0 spiro atoms. The number of nitrogens with one attached hydrogen (secondary N) is 2. The smallest absolute Gasteiger partial charge is 0.213 e. The maximum atomic E-state index is 5.11. The highest BCUT2D eigenvalue weighted by Gasteiger charge is 2.00. The van der Waals surface area contributed by atoms with Gasteiger partial charge < -0.3 is 15.4 Å². The van der Waals surface area contributed by atoms with E-state index in [-0.39, 0.29) is 24.0 Å². The van der Waals surface area contributed by atoms with Gasteiger partial charge in [-0.25, -0.2) is 4.98 Å². The van der Waals surface area contributed by atoms with Gasteiger partial charge in [0.05, 0.1) is 7.11 Å². The van der Waals surface area contributed by atoms with Gasteiger partial charge in [0.15, 0.2) is 5.96 Å². The maximum absolute atomic E-state index is 5.11. The fourth-order valence-electron chi connectivity index (χ4n) is 1.84. The van der Waals surface area contributed by atoms with E-state index in [0.29, 0.717) is 12.4 Å². The zero-order valence-electron chi connectivity index (χ0n) is 13.2. The van der Waals surface area contributed by atoms with Gasteiger partial charge in [-0.3, -0.25) is 4.99 Å². The second kappa shape index (κ2) is 12.7. The number of nitrogens with zero attached hydrogens (tertiary/aromatic N) is 2. The molecule has 0 saturated heterocycles. The monoisotopic (exact) mass is 406 g/mol. The number of methoxy groups -OCH3 is 1. The molecule has 0 radical (unpaired) electrons. The number of ether oxygens (including phenoxy) is 1. The molecule has 1 rings (SSSR count).